The number of Topliss-reactive ketones (excluding diaryl/α,β-unsaturated/α-hetero) is 1. The SMILES string of the molecule is CC(=O)c1cccc(OCC(=O)OCC(=O)NC(=O)NC2CC2)c1. The van der Waals surface area contributed by atoms with E-state index >= 15 is 0 Å². The number of carbonyl (C=O) groups is 4. The van der Waals surface area contributed by atoms with E-state index in [0.29, 0.717) is 11.3 Å². The van der Waals surface area contributed by atoms with E-state index in [1.54, 1.807) is 18.2 Å². The molecular weight excluding hydrogens is 316 g/mol. The molecule has 0 atom stereocenters. The molecule has 1 saturated carbocycles. The molecule has 1 aliphatic carbocycles. The molecule has 0 aromatic heterocycles. The number of rotatable bonds is 7. The summed E-state index contributed by atoms with van der Waals surface area (Å²) in [5, 5.41) is 4.63. The average Bonchev–Trinajstić information content (AvgIpc) is 3.35. The second kappa shape index (κ2) is 8.09. The Morgan fingerprint density at radius 2 is 1.92 bits per heavy atom. The summed E-state index contributed by atoms with van der Waals surface area (Å²) >= 11 is 0. The van der Waals surface area contributed by atoms with Gasteiger partial charge < -0.3 is 14.8 Å². The minimum Gasteiger partial charge on any atom is -0.482 e. The predicted octanol–water partition coefficient (Wildman–Crippen LogP) is 0.799. The maximum Gasteiger partial charge on any atom is 0.344 e. The van der Waals surface area contributed by atoms with Gasteiger partial charge in [-0.25, -0.2) is 9.59 Å². The molecule has 0 unspecified atom stereocenters. The van der Waals surface area contributed by atoms with Crippen LogP contribution in [0, 0.1) is 0 Å². The second-order valence-corrected chi connectivity index (χ2v) is 5.33. The molecule has 1 aromatic rings. The van der Waals surface area contributed by atoms with E-state index in [2.05, 4.69) is 10.6 Å². The van der Waals surface area contributed by atoms with Crippen LogP contribution in [-0.4, -0.2) is 42.9 Å². The zero-order valence-electron chi connectivity index (χ0n) is 13.2. The van der Waals surface area contributed by atoms with Crippen molar-refractivity contribution in [1.29, 1.82) is 0 Å². The van der Waals surface area contributed by atoms with Gasteiger partial charge in [-0.3, -0.25) is 14.9 Å². The summed E-state index contributed by atoms with van der Waals surface area (Å²) in [5.74, 6) is -1.27. The maximum atomic E-state index is 11.5. The van der Waals surface area contributed by atoms with E-state index in [9.17, 15) is 19.2 Å². The van der Waals surface area contributed by atoms with Crippen LogP contribution in [0.25, 0.3) is 0 Å². The summed E-state index contributed by atoms with van der Waals surface area (Å²) in [6.07, 6.45) is 1.80. The molecule has 1 aromatic carbocycles. The summed E-state index contributed by atoms with van der Waals surface area (Å²) in [6, 6.07) is 5.88. The number of ketones is 1. The van der Waals surface area contributed by atoms with Crippen LogP contribution in [0.2, 0.25) is 0 Å². The Labute approximate surface area is 138 Å². The molecule has 0 bridgehead atoms. The quantitative estimate of drug-likeness (QED) is 0.564. The summed E-state index contributed by atoms with van der Waals surface area (Å²) in [5.41, 5.74) is 0.460. The van der Waals surface area contributed by atoms with Gasteiger partial charge in [0.2, 0.25) is 0 Å². The van der Waals surface area contributed by atoms with E-state index in [1.165, 1.54) is 13.0 Å². The molecule has 3 amide bonds. The largest absolute Gasteiger partial charge is 0.482 e. The number of benzene rings is 1. The highest BCUT2D eigenvalue weighted by atomic mass is 16.6. The van der Waals surface area contributed by atoms with Crippen molar-refractivity contribution < 1.29 is 28.7 Å². The summed E-state index contributed by atoms with van der Waals surface area (Å²) < 4.78 is 9.90. The Balaban J connectivity index is 1.67. The van der Waals surface area contributed by atoms with Crippen molar-refractivity contribution in [3.8, 4) is 5.75 Å². The van der Waals surface area contributed by atoms with Gasteiger partial charge in [0.05, 0.1) is 0 Å². The third-order valence-corrected chi connectivity index (χ3v) is 3.13. The number of esters is 1. The number of hydrogen-bond acceptors (Lipinski definition) is 6. The molecule has 128 valence electrons. The molecule has 8 nitrogen and oxygen atoms in total. The molecule has 0 aliphatic heterocycles. The third-order valence-electron chi connectivity index (χ3n) is 3.13. The summed E-state index contributed by atoms with van der Waals surface area (Å²) in [6.45, 7) is 0.433. The number of carbonyl (C=O) groups excluding carboxylic acids is 4. The van der Waals surface area contributed by atoms with Crippen LogP contribution >= 0.6 is 0 Å². The lowest BCUT2D eigenvalue weighted by Crippen LogP contribution is -2.42. The number of amides is 3. The molecule has 0 spiro atoms. The molecule has 0 saturated heterocycles. The van der Waals surface area contributed by atoms with Crippen LogP contribution in [0.1, 0.15) is 30.1 Å². The van der Waals surface area contributed by atoms with Crippen LogP contribution in [0.3, 0.4) is 0 Å². The van der Waals surface area contributed by atoms with Crippen LogP contribution in [0.4, 0.5) is 4.79 Å². The van der Waals surface area contributed by atoms with Gasteiger partial charge in [-0.2, -0.15) is 0 Å². The van der Waals surface area contributed by atoms with E-state index < -0.39 is 31.1 Å². The molecule has 2 N–H and O–H groups in total. The Morgan fingerprint density at radius 3 is 2.58 bits per heavy atom. The Hall–Kier alpha value is -2.90. The fraction of sp³-hybridized carbons (Fsp3) is 0.375. The number of urea groups is 1. The molecule has 24 heavy (non-hydrogen) atoms. The topological polar surface area (TPSA) is 111 Å². The Bertz CT molecular complexity index is 654. The van der Waals surface area contributed by atoms with Crippen LogP contribution in [0.15, 0.2) is 24.3 Å². The highest BCUT2D eigenvalue weighted by Crippen LogP contribution is 2.18. The molecule has 0 heterocycles. The van der Waals surface area contributed by atoms with E-state index in [1.807, 2.05) is 0 Å². The van der Waals surface area contributed by atoms with E-state index in [-0.39, 0.29) is 11.8 Å². The standard InChI is InChI=1S/C16H18N2O6/c1-10(19)11-3-2-4-13(7-11)23-9-15(21)24-8-14(20)18-16(22)17-12-5-6-12/h2-4,7,12H,5-6,8-9H2,1H3,(H2,17,18,20,22). The van der Waals surface area contributed by atoms with Gasteiger partial charge in [-0.05, 0) is 31.9 Å². The van der Waals surface area contributed by atoms with Crippen molar-refractivity contribution in [2.75, 3.05) is 13.2 Å². The van der Waals surface area contributed by atoms with Gasteiger partial charge in [0.25, 0.3) is 5.91 Å². The average molecular weight is 334 g/mol. The normalized spacial score (nSPS) is 12.9. The number of ether oxygens (including phenoxy) is 2. The zero-order chi connectivity index (χ0) is 17.5. The first-order valence-electron chi connectivity index (χ1n) is 7.44. The van der Waals surface area contributed by atoms with Gasteiger partial charge in [-0.15, -0.1) is 0 Å². The summed E-state index contributed by atoms with van der Waals surface area (Å²) in [7, 11) is 0. The molecule has 2 rings (SSSR count). The maximum absolute atomic E-state index is 11.5. The van der Waals surface area contributed by atoms with Crippen molar-refractivity contribution in [2.24, 2.45) is 0 Å². The zero-order valence-corrected chi connectivity index (χ0v) is 13.2. The van der Waals surface area contributed by atoms with Crippen molar-refractivity contribution in [3.63, 3.8) is 0 Å². The minimum atomic E-state index is -0.763. The Kier molecular flexibility index (Phi) is 5.89. The van der Waals surface area contributed by atoms with Crippen molar-refractivity contribution in [1.82, 2.24) is 10.6 Å². The second-order valence-electron chi connectivity index (χ2n) is 5.33. The minimum absolute atomic E-state index is 0.121. The van der Waals surface area contributed by atoms with Gasteiger partial charge >= 0.3 is 12.0 Å². The molecule has 1 fully saturated rings. The lowest BCUT2D eigenvalue weighted by molar-refractivity contribution is -0.150. The molecule has 8 heteroatoms. The lowest BCUT2D eigenvalue weighted by Gasteiger charge is -2.08. The predicted molar refractivity (Wildman–Crippen MR) is 82.6 cm³/mol. The van der Waals surface area contributed by atoms with Crippen LogP contribution in [-0.2, 0) is 14.3 Å². The fourth-order valence-corrected chi connectivity index (χ4v) is 1.75. The first-order chi connectivity index (χ1) is 11.4. The Morgan fingerprint density at radius 1 is 1.17 bits per heavy atom. The third kappa shape index (κ3) is 6.07. The van der Waals surface area contributed by atoms with Gasteiger partial charge in [0.15, 0.2) is 19.0 Å². The highest BCUT2D eigenvalue weighted by molar-refractivity contribution is 5.96. The highest BCUT2D eigenvalue weighted by Gasteiger charge is 2.24. The first-order valence-corrected chi connectivity index (χ1v) is 7.44. The fourth-order valence-electron chi connectivity index (χ4n) is 1.75. The van der Waals surface area contributed by atoms with Crippen molar-refractivity contribution in [3.05, 3.63) is 29.8 Å². The van der Waals surface area contributed by atoms with Gasteiger partial charge in [-0.1, -0.05) is 12.1 Å². The molecule has 0 radical (unpaired) electrons. The van der Waals surface area contributed by atoms with Crippen molar-refractivity contribution in [2.45, 2.75) is 25.8 Å². The van der Waals surface area contributed by atoms with E-state index in [0.717, 1.165) is 12.8 Å². The van der Waals surface area contributed by atoms with Gasteiger partial charge in [0, 0.05) is 11.6 Å². The number of hydrogen-bond donors (Lipinski definition) is 2. The van der Waals surface area contributed by atoms with Gasteiger partial charge in [0.1, 0.15) is 5.75 Å². The first kappa shape index (κ1) is 17.5. The molecule has 1 aliphatic rings. The van der Waals surface area contributed by atoms with Crippen LogP contribution < -0.4 is 15.4 Å². The number of imide groups is 1. The van der Waals surface area contributed by atoms with Crippen molar-refractivity contribution >= 4 is 23.7 Å². The van der Waals surface area contributed by atoms with E-state index in [4.69, 9.17) is 9.47 Å². The molecular formula is C16H18N2O6. The lowest BCUT2D eigenvalue weighted by atomic mass is 10.1. The van der Waals surface area contributed by atoms with Crippen LogP contribution in [0.5, 0.6) is 5.75 Å². The smallest absolute Gasteiger partial charge is 0.344 e. The summed E-state index contributed by atoms with van der Waals surface area (Å²) in [4.78, 5) is 45.5. The monoisotopic (exact) mass is 334 g/mol. The number of nitrogens with one attached hydrogen (secondary N) is 2.